The normalized spacial score (nSPS) is 22.9. The number of carbonyl (C=O) groups is 1. The van der Waals surface area contributed by atoms with E-state index in [4.69, 9.17) is 4.74 Å². The summed E-state index contributed by atoms with van der Waals surface area (Å²) in [6.07, 6.45) is -5.27. The molecule has 0 aromatic heterocycles. The van der Waals surface area contributed by atoms with Crippen LogP contribution in [0.3, 0.4) is 0 Å². The van der Waals surface area contributed by atoms with Gasteiger partial charge in [0.25, 0.3) is 0 Å². The number of hydrogen-bond acceptors (Lipinski definition) is 3. The lowest BCUT2D eigenvalue weighted by Gasteiger charge is -2.24. The fourth-order valence-corrected chi connectivity index (χ4v) is 4.28. The van der Waals surface area contributed by atoms with Crippen molar-refractivity contribution < 1.29 is 35.9 Å². The minimum absolute atomic E-state index is 0.0806. The average molecular weight is 452 g/mol. The summed E-state index contributed by atoms with van der Waals surface area (Å²) in [5.41, 5.74) is -2.78. The van der Waals surface area contributed by atoms with E-state index in [1.807, 2.05) is 6.92 Å². The summed E-state index contributed by atoms with van der Waals surface area (Å²) >= 11 is 0. The predicted octanol–water partition coefficient (Wildman–Crippen LogP) is 5.75. The van der Waals surface area contributed by atoms with Crippen LogP contribution >= 0.6 is 0 Å². The van der Waals surface area contributed by atoms with Gasteiger partial charge in [0.05, 0.1) is 11.1 Å². The number of ether oxygens (including phenoxy) is 1. The second-order valence-corrected chi connectivity index (χ2v) is 8.23. The second-order valence-electron chi connectivity index (χ2n) is 8.23. The van der Waals surface area contributed by atoms with Crippen molar-refractivity contribution in [2.75, 3.05) is 6.54 Å². The maximum absolute atomic E-state index is 13.0. The quantitative estimate of drug-likeness (QED) is 0.579. The third-order valence-corrected chi connectivity index (χ3v) is 5.93. The van der Waals surface area contributed by atoms with Gasteiger partial charge in [0.15, 0.2) is 0 Å². The van der Waals surface area contributed by atoms with Crippen molar-refractivity contribution in [2.45, 2.75) is 82.5 Å². The van der Waals surface area contributed by atoms with Crippen molar-refractivity contribution >= 4 is 6.09 Å². The molecular formula is C21H26F6N2O2. The third kappa shape index (κ3) is 6.05. The summed E-state index contributed by atoms with van der Waals surface area (Å²) in [5, 5.41) is 3.01. The van der Waals surface area contributed by atoms with E-state index >= 15 is 0 Å². The molecule has 1 heterocycles. The highest BCUT2D eigenvalue weighted by atomic mass is 19.4. The lowest BCUT2D eigenvalue weighted by molar-refractivity contribution is -0.143. The molecule has 3 rings (SSSR count). The Morgan fingerprint density at radius 3 is 2.16 bits per heavy atom. The van der Waals surface area contributed by atoms with Crippen molar-refractivity contribution in [1.29, 1.82) is 0 Å². The zero-order valence-corrected chi connectivity index (χ0v) is 17.2. The van der Waals surface area contributed by atoms with Crippen LogP contribution in [0.1, 0.15) is 62.1 Å². The van der Waals surface area contributed by atoms with Crippen LogP contribution in [0.5, 0.6) is 0 Å². The minimum Gasteiger partial charge on any atom is -0.446 e. The number of amides is 1. The molecule has 2 atom stereocenters. The number of benzene rings is 1. The fraction of sp³-hybridized carbons (Fsp3) is 0.667. The first-order chi connectivity index (χ1) is 14.5. The molecule has 10 heteroatoms. The van der Waals surface area contributed by atoms with Crippen LogP contribution in [0.25, 0.3) is 0 Å². The Hall–Kier alpha value is -1.97. The van der Waals surface area contributed by atoms with Crippen LogP contribution in [0.15, 0.2) is 18.2 Å². The molecule has 2 aliphatic rings. The summed E-state index contributed by atoms with van der Waals surface area (Å²) in [7, 11) is 0. The molecule has 0 bridgehead atoms. The van der Waals surface area contributed by atoms with Crippen LogP contribution in [-0.2, 0) is 23.6 Å². The van der Waals surface area contributed by atoms with E-state index in [1.54, 1.807) is 4.90 Å². The molecule has 1 aromatic carbocycles. The number of halogens is 6. The van der Waals surface area contributed by atoms with Gasteiger partial charge < -0.3 is 15.0 Å². The van der Waals surface area contributed by atoms with Crippen molar-refractivity contribution in [2.24, 2.45) is 0 Å². The number of rotatable bonds is 5. The van der Waals surface area contributed by atoms with Gasteiger partial charge in [-0.05, 0) is 62.3 Å². The molecular weight excluding hydrogens is 426 g/mol. The summed E-state index contributed by atoms with van der Waals surface area (Å²) in [6, 6.07) is 1.23. The maximum Gasteiger partial charge on any atom is 0.416 e. The minimum atomic E-state index is -4.88. The molecule has 0 spiro atoms. The average Bonchev–Trinajstić information content (AvgIpc) is 3.34. The lowest BCUT2D eigenvalue weighted by atomic mass is 10.0. The summed E-state index contributed by atoms with van der Waals surface area (Å²) < 4.78 is 83.8. The number of hydrogen-bond donors (Lipinski definition) is 1. The first kappa shape index (κ1) is 23.7. The molecule has 1 saturated carbocycles. The molecule has 2 fully saturated rings. The predicted molar refractivity (Wildman–Crippen MR) is 101 cm³/mol. The van der Waals surface area contributed by atoms with E-state index < -0.39 is 29.6 Å². The van der Waals surface area contributed by atoms with Gasteiger partial charge in [0.2, 0.25) is 0 Å². The molecule has 1 amide bonds. The lowest BCUT2D eigenvalue weighted by Crippen LogP contribution is -2.39. The molecule has 1 aliphatic carbocycles. The molecule has 0 radical (unpaired) electrons. The highest BCUT2D eigenvalue weighted by Gasteiger charge is 2.38. The smallest absolute Gasteiger partial charge is 0.416 e. The number of carbonyl (C=O) groups excluding carboxylic acids is 1. The van der Waals surface area contributed by atoms with E-state index in [9.17, 15) is 31.1 Å². The van der Waals surface area contributed by atoms with Gasteiger partial charge in [-0.25, -0.2) is 4.79 Å². The monoisotopic (exact) mass is 452 g/mol. The van der Waals surface area contributed by atoms with Crippen molar-refractivity contribution in [3.05, 3.63) is 34.9 Å². The maximum atomic E-state index is 13.0. The van der Waals surface area contributed by atoms with Gasteiger partial charge >= 0.3 is 18.4 Å². The van der Waals surface area contributed by atoms with Crippen LogP contribution < -0.4 is 5.32 Å². The van der Waals surface area contributed by atoms with Gasteiger partial charge in [-0.1, -0.05) is 6.92 Å². The highest BCUT2D eigenvalue weighted by molar-refractivity contribution is 5.69. The molecule has 1 saturated heterocycles. The second kappa shape index (κ2) is 9.26. The number of nitrogens with one attached hydrogen (secondary N) is 1. The van der Waals surface area contributed by atoms with Crippen LogP contribution in [0.2, 0.25) is 0 Å². The van der Waals surface area contributed by atoms with Crippen molar-refractivity contribution in [1.82, 2.24) is 10.2 Å². The zero-order chi connectivity index (χ0) is 22.8. The Labute approximate surface area is 176 Å². The molecule has 1 aromatic rings. The van der Waals surface area contributed by atoms with E-state index in [2.05, 4.69) is 5.32 Å². The topological polar surface area (TPSA) is 41.6 Å². The Morgan fingerprint density at radius 2 is 1.65 bits per heavy atom. The van der Waals surface area contributed by atoms with E-state index in [0.717, 1.165) is 37.8 Å². The van der Waals surface area contributed by atoms with E-state index in [1.165, 1.54) is 0 Å². The van der Waals surface area contributed by atoms with E-state index in [0.29, 0.717) is 19.4 Å². The molecule has 31 heavy (non-hydrogen) atoms. The van der Waals surface area contributed by atoms with Gasteiger partial charge in [0, 0.05) is 25.2 Å². The largest absolute Gasteiger partial charge is 0.446 e. The molecule has 1 aliphatic heterocycles. The Kier molecular flexibility index (Phi) is 7.08. The van der Waals surface area contributed by atoms with Gasteiger partial charge in [-0.2, -0.15) is 26.3 Å². The van der Waals surface area contributed by atoms with Crippen LogP contribution in [-0.4, -0.2) is 35.7 Å². The van der Waals surface area contributed by atoms with Crippen molar-refractivity contribution in [3.63, 3.8) is 0 Å². The molecule has 174 valence electrons. The first-order valence-corrected chi connectivity index (χ1v) is 10.5. The summed E-state index contributed by atoms with van der Waals surface area (Å²) in [5.74, 6) is 0. The first-order valence-electron chi connectivity index (χ1n) is 10.5. The Bertz CT molecular complexity index is 742. The number of likely N-dealkylation sites (tertiary alicyclic amines) is 1. The highest BCUT2D eigenvalue weighted by Crippen LogP contribution is 2.36. The number of alkyl halides is 6. The van der Waals surface area contributed by atoms with Crippen molar-refractivity contribution in [3.8, 4) is 0 Å². The van der Waals surface area contributed by atoms with Gasteiger partial charge in [-0.15, -0.1) is 0 Å². The van der Waals surface area contributed by atoms with Gasteiger partial charge in [0.1, 0.15) is 6.10 Å². The molecule has 0 unspecified atom stereocenters. The molecule has 4 nitrogen and oxygen atoms in total. The molecule has 1 N–H and O–H groups in total. The summed E-state index contributed by atoms with van der Waals surface area (Å²) in [6.45, 7) is 2.06. The third-order valence-electron chi connectivity index (χ3n) is 5.93. The van der Waals surface area contributed by atoms with Gasteiger partial charge in [-0.3, -0.25) is 0 Å². The van der Waals surface area contributed by atoms with Crippen LogP contribution in [0.4, 0.5) is 31.1 Å². The Balaban J connectivity index is 1.66. The van der Waals surface area contributed by atoms with E-state index in [-0.39, 0.29) is 36.4 Å². The van der Waals surface area contributed by atoms with Crippen LogP contribution in [0, 0.1) is 0 Å². The fourth-order valence-electron chi connectivity index (χ4n) is 4.28. The summed E-state index contributed by atoms with van der Waals surface area (Å²) in [4.78, 5) is 14.1. The SMILES string of the molecule is CC[C@@H]1C[C@H](NCc2cc(C(F)(F)F)cc(C(F)(F)F)c2)CN1C(=O)OC1CCCC1. The Morgan fingerprint density at radius 1 is 1.06 bits per heavy atom. The standard InChI is InChI=1S/C21H26F6N2O2/c1-2-17-10-16(12-29(17)19(30)31-18-5-3-4-6-18)28-11-13-7-14(20(22,23)24)9-15(8-13)21(25,26)27/h7-9,16-18,28H,2-6,10-12H2,1H3/t16-,17+/m0/s1. The number of nitrogens with zero attached hydrogens (tertiary/aromatic N) is 1. The zero-order valence-electron chi connectivity index (χ0n) is 17.2.